The minimum atomic E-state index is -0.219. The van der Waals surface area contributed by atoms with Crippen LogP contribution in [0.2, 0.25) is 0 Å². The molecule has 0 N–H and O–H groups in total. The lowest BCUT2D eigenvalue weighted by atomic mass is 9.73. The van der Waals surface area contributed by atoms with Crippen molar-refractivity contribution in [2.45, 2.75) is 30.7 Å². The van der Waals surface area contributed by atoms with Gasteiger partial charge in [-0.3, -0.25) is 9.69 Å². The van der Waals surface area contributed by atoms with E-state index in [4.69, 9.17) is 4.74 Å². The second-order valence-electron chi connectivity index (χ2n) is 5.46. The molecule has 1 aliphatic carbocycles. The molecule has 3 rings (SSSR count). The summed E-state index contributed by atoms with van der Waals surface area (Å²) in [6.07, 6.45) is 2.94. The van der Waals surface area contributed by atoms with Gasteiger partial charge >= 0.3 is 0 Å². The lowest BCUT2D eigenvalue weighted by molar-refractivity contribution is -0.129. The number of fused-ring (bicyclic) bond motifs is 2. The topological polar surface area (TPSA) is 29.5 Å². The summed E-state index contributed by atoms with van der Waals surface area (Å²) < 4.78 is 5.18. The van der Waals surface area contributed by atoms with Crippen molar-refractivity contribution in [2.75, 3.05) is 20.7 Å². The number of nitrogens with zero attached hydrogens (tertiary/aromatic N) is 1. The van der Waals surface area contributed by atoms with E-state index in [1.807, 2.05) is 12.1 Å². The summed E-state index contributed by atoms with van der Waals surface area (Å²) in [5.41, 5.74) is 0.951. The van der Waals surface area contributed by atoms with Gasteiger partial charge in [-0.25, -0.2) is 0 Å². The zero-order chi connectivity index (χ0) is 12.8. The van der Waals surface area contributed by atoms with Crippen molar-refractivity contribution < 1.29 is 9.53 Å². The molecule has 0 amide bonds. The number of Topliss-reactive ketones (excluding diaryl/α,β-unsaturated/α-hetero) is 1. The lowest BCUT2D eigenvalue weighted by Gasteiger charge is -2.36. The summed E-state index contributed by atoms with van der Waals surface area (Å²) >= 11 is 0. The first-order chi connectivity index (χ1) is 8.67. The van der Waals surface area contributed by atoms with E-state index >= 15 is 0 Å². The number of methoxy groups -OCH3 is 1. The third-order valence-electron chi connectivity index (χ3n) is 4.68. The predicted molar refractivity (Wildman–Crippen MR) is 69.9 cm³/mol. The molecule has 0 spiro atoms. The molecule has 1 saturated heterocycles. The molecule has 1 aromatic rings. The van der Waals surface area contributed by atoms with Gasteiger partial charge in [-0.15, -0.1) is 0 Å². The van der Waals surface area contributed by atoms with Gasteiger partial charge in [0.05, 0.1) is 18.6 Å². The number of benzene rings is 1. The number of ketones is 1. The fourth-order valence-corrected chi connectivity index (χ4v) is 3.49. The van der Waals surface area contributed by atoms with E-state index in [0.29, 0.717) is 5.78 Å². The summed E-state index contributed by atoms with van der Waals surface area (Å²) in [7, 11) is 3.73. The molecule has 1 heterocycles. The number of likely N-dealkylation sites (tertiary alicyclic amines) is 1. The fraction of sp³-hybridized carbons (Fsp3) is 0.533. The zero-order valence-corrected chi connectivity index (χ0v) is 11.0. The van der Waals surface area contributed by atoms with E-state index < -0.39 is 0 Å². The SMILES string of the molecule is COc1ccc([C@@]23CC[C@@H](C2=O)N(C)CC3)cc1. The van der Waals surface area contributed by atoms with Crippen molar-refractivity contribution in [3.8, 4) is 5.75 Å². The Hall–Kier alpha value is -1.35. The summed E-state index contributed by atoms with van der Waals surface area (Å²) in [4.78, 5) is 14.8. The maximum absolute atomic E-state index is 12.6. The second kappa shape index (κ2) is 4.09. The Morgan fingerprint density at radius 1 is 1.28 bits per heavy atom. The predicted octanol–water partition coefficient (Wildman–Crippen LogP) is 2.00. The van der Waals surface area contributed by atoms with Gasteiger partial charge in [0.15, 0.2) is 5.78 Å². The van der Waals surface area contributed by atoms with E-state index in [2.05, 4.69) is 24.1 Å². The summed E-state index contributed by atoms with van der Waals surface area (Å²) in [6.45, 7) is 1.02. The first-order valence-electron chi connectivity index (χ1n) is 6.56. The molecule has 2 bridgehead atoms. The molecule has 2 aliphatic rings. The second-order valence-corrected chi connectivity index (χ2v) is 5.46. The molecule has 96 valence electrons. The molecule has 1 aromatic carbocycles. The van der Waals surface area contributed by atoms with Crippen LogP contribution in [0.3, 0.4) is 0 Å². The molecule has 1 aliphatic heterocycles. The summed E-state index contributed by atoms with van der Waals surface area (Å²) in [5, 5.41) is 0. The molecule has 3 heteroatoms. The van der Waals surface area contributed by atoms with Crippen molar-refractivity contribution in [3.63, 3.8) is 0 Å². The Morgan fingerprint density at radius 2 is 2.00 bits per heavy atom. The maximum Gasteiger partial charge on any atom is 0.160 e. The van der Waals surface area contributed by atoms with E-state index in [1.165, 1.54) is 5.56 Å². The molecular formula is C15H19NO2. The standard InChI is InChI=1S/C15H19NO2/c1-16-10-9-15(8-7-13(16)14(15)17)11-3-5-12(18-2)6-4-11/h3-6,13H,7-10H2,1-2H3/t13-,15-/m0/s1. The lowest BCUT2D eigenvalue weighted by Crippen LogP contribution is -2.49. The van der Waals surface area contributed by atoms with Crippen LogP contribution in [0.25, 0.3) is 0 Å². The molecule has 18 heavy (non-hydrogen) atoms. The zero-order valence-electron chi connectivity index (χ0n) is 11.0. The Balaban J connectivity index is 1.97. The average Bonchev–Trinajstić information content (AvgIpc) is 2.63. The Bertz CT molecular complexity index is 468. The molecule has 1 saturated carbocycles. The van der Waals surface area contributed by atoms with Gasteiger partial charge in [-0.05, 0) is 50.6 Å². The molecule has 0 radical (unpaired) electrons. The quantitative estimate of drug-likeness (QED) is 0.798. The van der Waals surface area contributed by atoms with Gasteiger partial charge in [0.2, 0.25) is 0 Å². The highest BCUT2D eigenvalue weighted by molar-refractivity contribution is 5.97. The van der Waals surface area contributed by atoms with Crippen molar-refractivity contribution in [1.29, 1.82) is 0 Å². The number of ether oxygens (including phenoxy) is 1. The van der Waals surface area contributed by atoms with Gasteiger partial charge in [-0.1, -0.05) is 12.1 Å². The third kappa shape index (κ3) is 1.50. The fourth-order valence-electron chi connectivity index (χ4n) is 3.49. The monoisotopic (exact) mass is 245 g/mol. The van der Waals surface area contributed by atoms with Crippen LogP contribution in [0, 0.1) is 0 Å². The van der Waals surface area contributed by atoms with Gasteiger partial charge in [0.25, 0.3) is 0 Å². The smallest absolute Gasteiger partial charge is 0.160 e. The third-order valence-corrected chi connectivity index (χ3v) is 4.68. The van der Waals surface area contributed by atoms with Gasteiger partial charge in [-0.2, -0.15) is 0 Å². The van der Waals surface area contributed by atoms with Gasteiger partial charge in [0, 0.05) is 0 Å². The summed E-state index contributed by atoms with van der Waals surface area (Å²) in [5.74, 6) is 1.27. The highest BCUT2D eigenvalue weighted by Gasteiger charge is 2.52. The highest BCUT2D eigenvalue weighted by atomic mass is 16.5. The van der Waals surface area contributed by atoms with Gasteiger partial charge < -0.3 is 4.74 Å². The van der Waals surface area contributed by atoms with E-state index in [-0.39, 0.29) is 11.5 Å². The first-order valence-corrected chi connectivity index (χ1v) is 6.56. The van der Waals surface area contributed by atoms with Crippen LogP contribution in [0.5, 0.6) is 5.75 Å². The highest BCUT2D eigenvalue weighted by Crippen LogP contribution is 2.46. The van der Waals surface area contributed by atoms with Crippen LogP contribution < -0.4 is 4.74 Å². The number of likely N-dealkylation sites (N-methyl/N-ethyl adjacent to an activating group) is 1. The number of hydrogen-bond acceptors (Lipinski definition) is 3. The van der Waals surface area contributed by atoms with Crippen LogP contribution in [0.1, 0.15) is 24.8 Å². The maximum atomic E-state index is 12.6. The Morgan fingerprint density at radius 3 is 2.67 bits per heavy atom. The first kappa shape index (κ1) is 11.7. The number of carbonyl (C=O) groups excluding carboxylic acids is 1. The van der Waals surface area contributed by atoms with E-state index in [1.54, 1.807) is 7.11 Å². The molecule has 2 atom stereocenters. The molecular weight excluding hydrogens is 226 g/mol. The molecule has 0 unspecified atom stereocenters. The minimum absolute atomic E-state index is 0.140. The molecule has 2 fully saturated rings. The van der Waals surface area contributed by atoms with Crippen LogP contribution in [-0.4, -0.2) is 37.4 Å². The minimum Gasteiger partial charge on any atom is -0.497 e. The summed E-state index contributed by atoms with van der Waals surface area (Å²) in [6, 6.07) is 8.18. The number of rotatable bonds is 2. The van der Waals surface area contributed by atoms with Crippen molar-refractivity contribution >= 4 is 5.78 Å². The van der Waals surface area contributed by atoms with E-state index in [0.717, 1.165) is 31.6 Å². The van der Waals surface area contributed by atoms with Crippen LogP contribution >= 0.6 is 0 Å². The molecule has 3 nitrogen and oxygen atoms in total. The van der Waals surface area contributed by atoms with E-state index in [9.17, 15) is 4.79 Å². The van der Waals surface area contributed by atoms with Gasteiger partial charge in [0.1, 0.15) is 5.75 Å². The van der Waals surface area contributed by atoms with Crippen molar-refractivity contribution in [3.05, 3.63) is 29.8 Å². The largest absolute Gasteiger partial charge is 0.497 e. The number of carbonyl (C=O) groups is 1. The number of hydrogen-bond donors (Lipinski definition) is 0. The van der Waals surface area contributed by atoms with Crippen LogP contribution in [0.15, 0.2) is 24.3 Å². The van der Waals surface area contributed by atoms with Crippen molar-refractivity contribution in [1.82, 2.24) is 4.90 Å². The molecule has 0 aromatic heterocycles. The average molecular weight is 245 g/mol. The normalized spacial score (nSPS) is 31.7. The van der Waals surface area contributed by atoms with Crippen LogP contribution in [-0.2, 0) is 10.2 Å². The Kier molecular flexibility index (Phi) is 2.67. The number of piperidine rings is 1. The van der Waals surface area contributed by atoms with Crippen molar-refractivity contribution in [2.24, 2.45) is 0 Å². The van der Waals surface area contributed by atoms with Crippen LogP contribution in [0.4, 0.5) is 0 Å². The Labute approximate surface area is 108 Å².